The third kappa shape index (κ3) is 2.07. The van der Waals surface area contributed by atoms with Crippen LogP contribution in [0.25, 0.3) is 16.4 Å². The van der Waals surface area contributed by atoms with Crippen LogP contribution in [0.4, 0.5) is 0 Å². The van der Waals surface area contributed by atoms with Crippen molar-refractivity contribution in [3.63, 3.8) is 0 Å². The van der Waals surface area contributed by atoms with Crippen molar-refractivity contribution in [1.29, 1.82) is 0 Å². The van der Waals surface area contributed by atoms with Gasteiger partial charge in [-0.25, -0.2) is 4.98 Å². The van der Waals surface area contributed by atoms with Gasteiger partial charge in [0.25, 0.3) is 0 Å². The van der Waals surface area contributed by atoms with Gasteiger partial charge in [0.2, 0.25) is 0 Å². The van der Waals surface area contributed by atoms with Crippen molar-refractivity contribution in [2.45, 2.75) is 19.4 Å². The summed E-state index contributed by atoms with van der Waals surface area (Å²) in [5.74, 6) is 0.889. The molecule has 1 atom stereocenters. The molecule has 3 N–H and O–H groups in total. The molecule has 4 aromatic rings. The Morgan fingerprint density at radius 3 is 3.09 bits per heavy atom. The Bertz CT molecular complexity index is 950. The van der Waals surface area contributed by atoms with Crippen LogP contribution in [-0.2, 0) is 6.42 Å². The highest BCUT2D eigenvalue weighted by Crippen LogP contribution is 2.22. The Kier molecular flexibility index (Phi) is 2.94. The summed E-state index contributed by atoms with van der Waals surface area (Å²) in [6.45, 7) is 2.08. The van der Waals surface area contributed by atoms with Crippen LogP contribution in [0, 0.1) is 6.92 Å². The number of rotatable bonds is 3. The van der Waals surface area contributed by atoms with Crippen LogP contribution in [0.1, 0.15) is 23.0 Å². The molecule has 1 aromatic carbocycles. The normalized spacial score (nSPS) is 13.0. The summed E-state index contributed by atoms with van der Waals surface area (Å²) in [4.78, 5) is 4.49. The van der Waals surface area contributed by atoms with Crippen LogP contribution in [0.15, 0.2) is 48.9 Å². The molecular formula is C17H17N5. The van der Waals surface area contributed by atoms with Gasteiger partial charge in [-0.1, -0.05) is 12.1 Å². The Morgan fingerprint density at radius 2 is 2.18 bits per heavy atom. The van der Waals surface area contributed by atoms with Crippen molar-refractivity contribution in [3.05, 3.63) is 65.9 Å². The zero-order valence-electron chi connectivity index (χ0n) is 12.3. The van der Waals surface area contributed by atoms with Gasteiger partial charge in [-0.2, -0.15) is 5.10 Å². The van der Waals surface area contributed by atoms with Crippen LogP contribution in [0.3, 0.4) is 0 Å². The molecule has 5 heteroatoms. The predicted octanol–water partition coefficient (Wildman–Crippen LogP) is 2.76. The molecule has 0 saturated carbocycles. The lowest BCUT2D eigenvalue weighted by Crippen LogP contribution is -2.16. The Labute approximate surface area is 127 Å². The molecule has 0 fully saturated rings. The number of hydrogen-bond acceptors (Lipinski definition) is 3. The van der Waals surface area contributed by atoms with E-state index >= 15 is 0 Å². The minimum Gasteiger partial charge on any atom is -0.321 e. The summed E-state index contributed by atoms with van der Waals surface area (Å²) >= 11 is 0. The lowest BCUT2D eigenvalue weighted by Gasteiger charge is -2.12. The molecule has 0 aliphatic carbocycles. The summed E-state index contributed by atoms with van der Waals surface area (Å²) < 4.78 is 2.05. The van der Waals surface area contributed by atoms with Gasteiger partial charge in [-0.05, 0) is 42.7 Å². The first-order valence-electron chi connectivity index (χ1n) is 7.32. The second-order valence-corrected chi connectivity index (χ2v) is 5.67. The SMILES string of the molecule is Cc1cc(C[C@@H](N)c2ncc3ccccn23)cc2cn[nH]c12. The van der Waals surface area contributed by atoms with Gasteiger partial charge in [-0.15, -0.1) is 0 Å². The number of nitrogens with zero attached hydrogens (tertiary/aromatic N) is 3. The Hall–Kier alpha value is -2.66. The molecule has 0 aliphatic heterocycles. The zero-order chi connectivity index (χ0) is 15.1. The summed E-state index contributed by atoms with van der Waals surface area (Å²) in [5, 5.41) is 8.24. The average molecular weight is 291 g/mol. The van der Waals surface area contributed by atoms with Crippen molar-refractivity contribution in [2.75, 3.05) is 0 Å². The molecule has 110 valence electrons. The van der Waals surface area contributed by atoms with Crippen LogP contribution < -0.4 is 5.73 Å². The average Bonchev–Trinajstić information content (AvgIpc) is 3.13. The molecule has 3 heterocycles. The van der Waals surface area contributed by atoms with E-state index in [-0.39, 0.29) is 6.04 Å². The number of H-pyrrole nitrogens is 1. The number of aryl methyl sites for hydroxylation is 1. The summed E-state index contributed by atoms with van der Waals surface area (Å²) in [6, 6.07) is 10.2. The summed E-state index contributed by atoms with van der Waals surface area (Å²) in [5.41, 5.74) is 10.9. The van der Waals surface area contributed by atoms with Crippen LogP contribution in [-0.4, -0.2) is 19.6 Å². The minimum absolute atomic E-state index is 0.145. The third-order valence-corrected chi connectivity index (χ3v) is 4.06. The van der Waals surface area contributed by atoms with E-state index in [1.165, 1.54) is 11.1 Å². The summed E-state index contributed by atoms with van der Waals surface area (Å²) in [7, 11) is 0. The molecule has 3 aromatic heterocycles. The third-order valence-electron chi connectivity index (χ3n) is 4.06. The van der Waals surface area contributed by atoms with Crippen LogP contribution in [0.5, 0.6) is 0 Å². The number of fused-ring (bicyclic) bond motifs is 2. The minimum atomic E-state index is -0.145. The molecule has 5 nitrogen and oxygen atoms in total. The maximum absolute atomic E-state index is 6.40. The number of imidazole rings is 1. The molecule has 0 amide bonds. The number of hydrogen-bond donors (Lipinski definition) is 2. The largest absolute Gasteiger partial charge is 0.321 e. The molecule has 0 spiro atoms. The van der Waals surface area contributed by atoms with E-state index in [4.69, 9.17) is 5.73 Å². The number of nitrogens with two attached hydrogens (primary N) is 1. The van der Waals surface area contributed by atoms with Gasteiger partial charge >= 0.3 is 0 Å². The maximum atomic E-state index is 6.40. The molecule has 4 rings (SSSR count). The number of nitrogens with one attached hydrogen (secondary N) is 1. The monoisotopic (exact) mass is 291 g/mol. The fraction of sp³-hybridized carbons (Fsp3) is 0.176. The highest BCUT2D eigenvalue weighted by atomic mass is 15.1. The molecule has 0 radical (unpaired) electrons. The Morgan fingerprint density at radius 1 is 1.27 bits per heavy atom. The standard InChI is InChI=1S/C17H17N5/c1-11-6-12(7-13-9-20-21-16(11)13)8-15(18)17-19-10-14-4-2-3-5-22(14)17/h2-7,9-10,15H,8,18H2,1H3,(H,20,21)/t15-/m1/s1. The molecule has 0 unspecified atom stereocenters. The highest BCUT2D eigenvalue weighted by Gasteiger charge is 2.14. The number of aromatic amines is 1. The first-order valence-corrected chi connectivity index (χ1v) is 7.32. The molecule has 0 aliphatic rings. The predicted molar refractivity (Wildman–Crippen MR) is 86.7 cm³/mol. The highest BCUT2D eigenvalue weighted by molar-refractivity contribution is 5.81. The zero-order valence-corrected chi connectivity index (χ0v) is 12.3. The second kappa shape index (κ2) is 4.96. The van der Waals surface area contributed by atoms with E-state index in [1.807, 2.05) is 41.2 Å². The lowest BCUT2D eigenvalue weighted by molar-refractivity contribution is 0.664. The maximum Gasteiger partial charge on any atom is 0.130 e. The van der Waals surface area contributed by atoms with Gasteiger partial charge in [0, 0.05) is 11.6 Å². The molecular weight excluding hydrogens is 274 g/mol. The number of pyridine rings is 1. The fourth-order valence-electron chi connectivity index (χ4n) is 3.01. The van der Waals surface area contributed by atoms with E-state index in [9.17, 15) is 0 Å². The van der Waals surface area contributed by atoms with Gasteiger partial charge < -0.3 is 10.1 Å². The van der Waals surface area contributed by atoms with Crippen molar-refractivity contribution < 1.29 is 0 Å². The van der Waals surface area contributed by atoms with Crippen molar-refractivity contribution in [2.24, 2.45) is 5.73 Å². The van der Waals surface area contributed by atoms with E-state index in [0.717, 1.165) is 28.7 Å². The lowest BCUT2D eigenvalue weighted by atomic mass is 10.0. The topological polar surface area (TPSA) is 72.0 Å². The quantitative estimate of drug-likeness (QED) is 0.609. The Balaban J connectivity index is 1.69. The van der Waals surface area contributed by atoms with E-state index in [1.54, 1.807) is 0 Å². The second-order valence-electron chi connectivity index (χ2n) is 5.67. The van der Waals surface area contributed by atoms with Gasteiger partial charge in [-0.3, -0.25) is 5.10 Å². The molecule has 0 bridgehead atoms. The first kappa shape index (κ1) is 13.0. The van der Waals surface area contributed by atoms with E-state index < -0.39 is 0 Å². The van der Waals surface area contributed by atoms with Gasteiger partial charge in [0.1, 0.15) is 5.82 Å². The van der Waals surface area contributed by atoms with Crippen molar-refractivity contribution >= 4 is 16.4 Å². The van der Waals surface area contributed by atoms with Crippen molar-refractivity contribution in [1.82, 2.24) is 19.6 Å². The van der Waals surface area contributed by atoms with Crippen LogP contribution >= 0.6 is 0 Å². The number of benzene rings is 1. The summed E-state index contributed by atoms with van der Waals surface area (Å²) in [6.07, 6.45) is 6.46. The van der Waals surface area contributed by atoms with E-state index in [2.05, 4.69) is 34.2 Å². The fourth-order valence-corrected chi connectivity index (χ4v) is 3.01. The molecule has 0 saturated heterocycles. The van der Waals surface area contributed by atoms with Crippen LogP contribution in [0.2, 0.25) is 0 Å². The smallest absolute Gasteiger partial charge is 0.130 e. The molecule has 22 heavy (non-hydrogen) atoms. The number of aromatic nitrogens is 4. The van der Waals surface area contributed by atoms with E-state index in [0.29, 0.717) is 0 Å². The van der Waals surface area contributed by atoms with Gasteiger partial charge in [0.05, 0.1) is 29.5 Å². The van der Waals surface area contributed by atoms with Crippen molar-refractivity contribution in [3.8, 4) is 0 Å². The van der Waals surface area contributed by atoms with Gasteiger partial charge in [0.15, 0.2) is 0 Å². The first-order chi connectivity index (χ1) is 10.7.